The lowest BCUT2D eigenvalue weighted by Crippen LogP contribution is -2.38. The molecular weight excluding hydrogens is 258 g/mol. The molecule has 1 aliphatic rings. The highest BCUT2D eigenvalue weighted by atomic mass is 16.5. The van der Waals surface area contributed by atoms with Gasteiger partial charge in [0.15, 0.2) is 5.69 Å². The molecule has 0 atom stereocenters. The summed E-state index contributed by atoms with van der Waals surface area (Å²) in [4.78, 5) is 22.7. The Balaban J connectivity index is 2.42. The van der Waals surface area contributed by atoms with E-state index in [0.29, 0.717) is 24.9 Å². The molecule has 0 aromatic carbocycles. The van der Waals surface area contributed by atoms with Gasteiger partial charge in [0.25, 0.3) is 0 Å². The number of aromatic nitrogens is 2. The average Bonchev–Trinajstić information content (AvgIpc) is 2.46. The maximum atomic E-state index is 11.8. The molecule has 1 aromatic rings. The van der Waals surface area contributed by atoms with E-state index in [1.54, 1.807) is 6.07 Å². The number of nitrogens with zero attached hydrogens (tertiary/aromatic N) is 3. The van der Waals surface area contributed by atoms with Gasteiger partial charge in [-0.25, -0.2) is 14.8 Å². The second-order valence-electron chi connectivity index (χ2n) is 5.78. The lowest BCUT2D eigenvalue weighted by molar-refractivity contribution is 0.0593. The second-order valence-corrected chi connectivity index (χ2v) is 5.78. The Morgan fingerprint density at radius 3 is 2.50 bits per heavy atom. The van der Waals surface area contributed by atoms with E-state index >= 15 is 0 Å². The van der Waals surface area contributed by atoms with E-state index in [2.05, 4.69) is 30.7 Å². The van der Waals surface area contributed by atoms with E-state index in [9.17, 15) is 4.79 Å². The van der Waals surface area contributed by atoms with Crippen molar-refractivity contribution in [2.75, 3.05) is 38.3 Å². The molecule has 110 valence electrons. The fourth-order valence-electron chi connectivity index (χ4n) is 1.93. The number of ether oxygens (including phenoxy) is 2. The Bertz CT molecular complexity index is 491. The van der Waals surface area contributed by atoms with Crippen LogP contribution in [0.15, 0.2) is 6.07 Å². The summed E-state index contributed by atoms with van der Waals surface area (Å²) in [5, 5.41) is 0. The molecule has 6 nitrogen and oxygen atoms in total. The predicted molar refractivity (Wildman–Crippen MR) is 75.1 cm³/mol. The van der Waals surface area contributed by atoms with Crippen molar-refractivity contribution in [2.24, 2.45) is 0 Å². The van der Waals surface area contributed by atoms with Crippen molar-refractivity contribution >= 4 is 11.9 Å². The second kappa shape index (κ2) is 5.75. The van der Waals surface area contributed by atoms with Gasteiger partial charge in [-0.15, -0.1) is 0 Å². The van der Waals surface area contributed by atoms with Gasteiger partial charge in [-0.1, -0.05) is 20.8 Å². The summed E-state index contributed by atoms with van der Waals surface area (Å²) >= 11 is 0. The van der Waals surface area contributed by atoms with Gasteiger partial charge in [0.1, 0.15) is 0 Å². The van der Waals surface area contributed by atoms with Crippen LogP contribution in [-0.2, 0) is 14.9 Å². The van der Waals surface area contributed by atoms with Crippen LogP contribution >= 0.6 is 0 Å². The third-order valence-electron chi connectivity index (χ3n) is 3.17. The van der Waals surface area contributed by atoms with Gasteiger partial charge in [-0.2, -0.15) is 0 Å². The summed E-state index contributed by atoms with van der Waals surface area (Å²) in [6.45, 7) is 8.92. The summed E-state index contributed by atoms with van der Waals surface area (Å²) < 4.78 is 10.1. The SMILES string of the molecule is COC(=O)c1cc(C(C)(C)C)nc(N2CCOCC2)n1. The Morgan fingerprint density at radius 1 is 1.30 bits per heavy atom. The van der Waals surface area contributed by atoms with Crippen LogP contribution in [0, 0.1) is 0 Å². The highest BCUT2D eigenvalue weighted by Gasteiger charge is 2.23. The van der Waals surface area contributed by atoms with Crippen molar-refractivity contribution in [3.05, 3.63) is 17.5 Å². The molecule has 0 spiro atoms. The molecule has 0 N–H and O–H groups in total. The number of esters is 1. The number of rotatable bonds is 2. The topological polar surface area (TPSA) is 64.5 Å². The van der Waals surface area contributed by atoms with Crippen molar-refractivity contribution < 1.29 is 14.3 Å². The van der Waals surface area contributed by atoms with Gasteiger partial charge < -0.3 is 14.4 Å². The van der Waals surface area contributed by atoms with E-state index in [1.165, 1.54) is 7.11 Å². The number of morpholine rings is 1. The monoisotopic (exact) mass is 279 g/mol. The standard InChI is InChI=1S/C14H21N3O3/c1-14(2,3)11-9-10(12(18)19-4)15-13(16-11)17-5-7-20-8-6-17/h9H,5-8H2,1-4H3. The molecule has 20 heavy (non-hydrogen) atoms. The molecular formula is C14H21N3O3. The third kappa shape index (κ3) is 3.25. The van der Waals surface area contributed by atoms with Crippen molar-refractivity contribution in [1.82, 2.24) is 9.97 Å². The van der Waals surface area contributed by atoms with E-state index in [-0.39, 0.29) is 5.41 Å². The zero-order chi connectivity index (χ0) is 14.8. The zero-order valence-corrected chi connectivity index (χ0v) is 12.5. The number of methoxy groups -OCH3 is 1. The number of hydrogen-bond acceptors (Lipinski definition) is 6. The zero-order valence-electron chi connectivity index (χ0n) is 12.5. The molecule has 2 rings (SSSR count). The quantitative estimate of drug-likeness (QED) is 0.762. The summed E-state index contributed by atoms with van der Waals surface area (Å²) in [7, 11) is 1.36. The highest BCUT2D eigenvalue weighted by Crippen LogP contribution is 2.23. The fourth-order valence-corrected chi connectivity index (χ4v) is 1.93. The molecule has 0 radical (unpaired) electrons. The van der Waals surface area contributed by atoms with Crippen LogP contribution < -0.4 is 4.90 Å². The van der Waals surface area contributed by atoms with Gasteiger partial charge in [-0.3, -0.25) is 0 Å². The van der Waals surface area contributed by atoms with Crippen LogP contribution in [0.2, 0.25) is 0 Å². The molecule has 0 saturated carbocycles. The molecule has 2 heterocycles. The van der Waals surface area contributed by atoms with Crippen LogP contribution in [0.1, 0.15) is 37.0 Å². The van der Waals surface area contributed by atoms with Crippen molar-refractivity contribution in [1.29, 1.82) is 0 Å². The van der Waals surface area contributed by atoms with Crippen molar-refractivity contribution in [3.63, 3.8) is 0 Å². The van der Waals surface area contributed by atoms with Crippen molar-refractivity contribution in [2.45, 2.75) is 26.2 Å². The first-order valence-electron chi connectivity index (χ1n) is 6.72. The normalized spacial score (nSPS) is 16.1. The van der Waals surface area contributed by atoms with E-state index in [0.717, 1.165) is 18.8 Å². The van der Waals surface area contributed by atoms with Gasteiger partial charge in [0.05, 0.1) is 26.0 Å². The highest BCUT2D eigenvalue weighted by molar-refractivity contribution is 5.87. The smallest absolute Gasteiger partial charge is 0.356 e. The lowest BCUT2D eigenvalue weighted by atomic mass is 9.91. The molecule has 0 aliphatic carbocycles. The summed E-state index contributed by atoms with van der Waals surface area (Å²) in [6.07, 6.45) is 0. The number of hydrogen-bond donors (Lipinski definition) is 0. The number of carbonyl (C=O) groups excluding carboxylic acids is 1. The van der Waals surface area contributed by atoms with E-state index in [4.69, 9.17) is 9.47 Å². The predicted octanol–water partition coefficient (Wildman–Crippen LogP) is 1.40. The third-order valence-corrected chi connectivity index (χ3v) is 3.17. The Kier molecular flexibility index (Phi) is 4.23. The van der Waals surface area contributed by atoms with Crippen LogP contribution in [0.5, 0.6) is 0 Å². The fraction of sp³-hybridized carbons (Fsp3) is 0.643. The van der Waals surface area contributed by atoms with Gasteiger partial charge in [-0.05, 0) is 6.07 Å². The molecule has 0 bridgehead atoms. The van der Waals surface area contributed by atoms with E-state index in [1.807, 2.05) is 4.90 Å². The maximum absolute atomic E-state index is 11.8. The number of carbonyl (C=O) groups is 1. The minimum absolute atomic E-state index is 0.160. The van der Waals surface area contributed by atoms with Crippen LogP contribution in [0.25, 0.3) is 0 Å². The first kappa shape index (κ1) is 14.7. The largest absolute Gasteiger partial charge is 0.464 e. The minimum Gasteiger partial charge on any atom is -0.464 e. The van der Waals surface area contributed by atoms with Gasteiger partial charge in [0, 0.05) is 18.5 Å². The van der Waals surface area contributed by atoms with Crippen LogP contribution in [0.3, 0.4) is 0 Å². The first-order chi connectivity index (χ1) is 9.41. The summed E-state index contributed by atoms with van der Waals surface area (Å²) in [5.74, 6) is 0.133. The molecule has 1 fully saturated rings. The first-order valence-corrected chi connectivity index (χ1v) is 6.72. The van der Waals surface area contributed by atoms with Crippen molar-refractivity contribution in [3.8, 4) is 0 Å². The Hall–Kier alpha value is -1.69. The molecule has 6 heteroatoms. The minimum atomic E-state index is -0.438. The number of anilines is 1. The molecule has 1 aliphatic heterocycles. The van der Waals surface area contributed by atoms with Crippen LogP contribution in [-0.4, -0.2) is 49.4 Å². The lowest BCUT2D eigenvalue weighted by Gasteiger charge is -2.28. The molecule has 1 saturated heterocycles. The molecule has 1 aromatic heterocycles. The van der Waals surface area contributed by atoms with Gasteiger partial charge >= 0.3 is 5.97 Å². The Morgan fingerprint density at radius 2 is 1.95 bits per heavy atom. The van der Waals surface area contributed by atoms with Crippen LogP contribution in [0.4, 0.5) is 5.95 Å². The summed E-state index contributed by atoms with van der Waals surface area (Å²) in [5.41, 5.74) is 0.968. The molecule has 0 amide bonds. The Labute approximate surface area is 119 Å². The van der Waals surface area contributed by atoms with E-state index < -0.39 is 5.97 Å². The van der Waals surface area contributed by atoms with Gasteiger partial charge in [0.2, 0.25) is 5.95 Å². The average molecular weight is 279 g/mol. The maximum Gasteiger partial charge on any atom is 0.356 e. The summed E-state index contributed by atoms with van der Waals surface area (Å²) in [6, 6.07) is 1.70. The molecule has 0 unspecified atom stereocenters.